The van der Waals surface area contributed by atoms with E-state index < -0.39 is 11.8 Å². The average molecular weight is 484 g/mol. The summed E-state index contributed by atoms with van der Waals surface area (Å²) in [6.45, 7) is 3.38. The zero-order valence-corrected chi connectivity index (χ0v) is 20.0. The Balaban J connectivity index is 1.50. The summed E-state index contributed by atoms with van der Waals surface area (Å²) in [5.74, 6) is -0.509. The maximum atomic E-state index is 13.0. The third-order valence-corrected chi connectivity index (χ3v) is 6.97. The van der Waals surface area contributed by atoms with Gasteiger partial charge in [0.15, 0.2) is 0 Å². The molecule has 1 atom stereocenters. The van der Waals surface area contributed by atoms with Gasteiger partial charge in [0.2, 0.25) is 0 Å². The second-order valence-corrected chi connectivity index (χ2v) is 9.84. The largest absolute Gasteiger partial charge is 0.383 e. The minimum absolute atomic E-state index is 0.0230. The van der Waals surface area contributed by atoms with E-state index >= 15 is 0 Å². The van der Waals surface area contributed by atoms with Crippen molar-refractivity contribution in [2.75, 3.05) is 18.8 Å². The molecule has 2 amide bonds. The summed E-state index contributed by atoms with van der Waals surface area (Å²) in [6, 6.07) is 9.42. The van der Waals surface area contributed by atoms with E-state index in [1.54, 1.807) is 9.80 Å². The van der Waals surface area contributed by atoms with Gasteiger partial charge in [0.05, 0.1) is 15.9 Å². The lowest BCUT2D eigenvalue weighted by Gasteiger charge is -2.40. The first kappa shape index (κ1) is 23.2. The van der Waals surface area contributed by atoms with Gasteiger partial charge in [0, 0.05) is 29.9 Å². The number of amides is 2. The molecule has 4 rings (SSSR count). The standard InChI is InChI=1S/C24H26ClN5O2S/c1-2-3-5-17-14-29(13-16-7-9-19-20(12-16)27-15-28-22(19)26)23(31)24(32)30(17)11-4-6-18-8-10-21(25)33-18/h4,6-10,12,15,17H,2-3,5,11,13-14H2,1H3,(H2,26,27,28). The van der Waals surface area contributed by atoms with E-state index in [-0.39, 0.29) is 6.04 Å². The van der Waals surface area contributed by atoms with E-state index in [1.165, 1.54) is 17.7 Å². The van der Waals surface area contributed by atoms with Gasteiger partial charge in [-0.1, -0.05) is 43.5 Å². The summed E-state index contributed by atoms with van der Waals surface area (Å²) in [7, 11) is 0. The van der Waals surface area contributed by atoms with E-state index in [1.807, 2.05) is 42.5 Å². The summed E-state index contributed by atoms with van der Waals surface area (Å²) >= 11 is 7.47. The van der Waals surface area contributed by atoms with Gasteiger partial charge in [-0.05, 0) is 42.3 Å². The van der Waals surface area contributed by atoms with Crippen LogP contribution < -0.4 is 5.73 Å². The van der Waals surface area contributed by atoms with Crippen LogP contribution in [0.3, 0.4) is 0 Å². The number of aromatic nitrogens is 2. The molecule has 1 unspecified atom stereocenters. The summed E-state index contributed by atoms with van der Waals surface area (Å²) in [5, 5.41) is 0.771. The lowest BCUT2D eigenvalue weighted by atomic mass is 10.0. The molecule has 2 aromatic heterocycles. The van der Waals surface area contributed by atoms with E-state index in [2.05, 4.69) is 16.9 Å². The van der Waals surface area contributed by atoms with Gasteiger partial charge in [-0.2, -0.15) is 0 Å². The van der Waals surface area contributed by atoms with Crippen LogP contribution in [-0.4, -0.2) is 50.7 Å². The number of anilines is 1. The van der Waals surface area contributed by atoms with Crippen molar-refractivity contribution < 1.29 is 9.59 Å². The van der Waals surface area contributed by atoms with Crippen LogP contribution in [-0.2, 0) is 16.1 Å². The van der Waals surface area contributed by atoms with Gasteiger partial charge in [0.1, 0.15) is 12.1 Å². The smallest absolute Gasteiger partial charge is 0.312 e. The number of rotatable bonds is 8. The zero-order chi connectivity index (χ0) is 23.4. The molecule has 3 aromatic rings. The second kappa shape index (κ2) is 10.3. The number of benzene rings is 1. The van der Waals surface area contributed by atoms with Crippen molar-refractivity contribution in [1.82, 2.24) is 19.8 Å². The fraction of sp³-hybridized carbons (Fsp3) is 0.333. The van der Waals surface area contributed by atoms with Crippen molar-refractivity contribution in [2.45, 2.75) is 38.8 Å². The number of fused-ring (bicyclic) bond motifs is 1. The van der Waals surface area contributed by atoms with Crippen LogP contribution in [0.2, 0.25) is 4.34 Å². The van der Waals surface area contributed by atoms with Crippen LogP contribution in [0.1, 0.15) is 36.6 Å². The van der Waals surface area contributed by atoms with Gasteiger partial charge < -0.3 is 15.5 Å². The van der Waals surface area contributed by atoms with Crippen LogP contribution in [0.25, 0.3) is 17.0 Å². The SMILES string of the molecule is CCCCC1CN(Cc2ccc3c(N)ncnc3c2)C(=O)C(=O)N1CC=Cc1ccc(Cl)s1. The van der Waals surface area contributed by atoms with Gasteiger partial charge in [-0.3, -0.25) is 9.59 Å². The lowest BCUT2D eigenvalue weighted by molar-refractivity contribution is -0.159. The van der Waals surface area contributed by atoms with Crippen LogP contribution in [0, 0.1) is 0 Å². The number of carbonyl (C=O) groups is 2. The summed E-state index contributed by atoms with van der Waals surface area (Å²) in [4.78, 5) is 38.7. The first-order valence-corrected chi connectivity index (χ1v) is 12.2. The number of nitrogens with two attached hydrogens (primary N) is 1. The number of halogens is 1. The molecule has 7 nitrogen and oxygen atoms in total. The molecular weight excluding hydrogens is 458 g/mol. The molecule has 1 aliphatic rings. The fourth-order valence-electron chi connectivity index (χ4n) is 4.06. The zero-order valence-electron chi connectivity index (χ0n) is 18.4. The highest BCUT2D eigenvalue weighted by molar-refractivity contribution is 7.16. The number of nitrogens with zero attached hydrogens (tertiary/aromatic N) is 4. The Kier molecular flexibility index (Phi) is 7.25. The van der Waals surface area contributed by atoms with Crippen LogP contribution in [0.5, 0.6) is 0 Å². The highest BCUT2D eigenvalue weighted by atomic mass is 35.5. The highest BCUT2D eigenvalue weighted by Gasteiger charge is 2.38. The van der Waals surface area contributed by atoms with E-state index in [9.17, 15) is 9.59 Å². The molecule has 1 saturated heterocycles. The Labute approximate surface area is 201 Å². The summed E-state index contributed by atoms with van der Waals surface area (Å²) in [6.07, 6.45) is 8.17. The minimum Gasteiger partial charge on any atom is -0.383 e. The van der Waals surface area contributed by atoms with E-state index in [4.69, 9.17) is 17.3 Å². The van der Waals surface area contributed by atoms with Crippen molar-refractivity contribution in [3.05, 3.63) is 57.5 Å². The summed E-state index contributed by atoms with van der Waals surface area (Å²) in [5.41, 5.74) is 7.53. The Hall–Kier alpha value is -2.97. The highest BCUT2D eigenvalue weighted by Crippen LogP contribution is 2.24. The predicted octanol–water partition coefficient (Wildman–Crippen LogP) is 4.37. The van der Waals surface area contributed by atoms with Gasteiger partial charge >= 0.3 is 11.8 Å². The molecule has 33 heavy (non-hydrogen) atoms. The van der Waals surface area contributed by atoms with Crippen molar-refractivity contribution in [1.29, 1.82) is 0 Å². The first-order valence-electron chi connectivity index (χ1n) is 11.0. The lowest BCUT2D eigenvalue weighted by Crippen LogP contribution is -2.59. The molecule has 0 aliphatic carbocycles. The molecule has 1 aromatic carbocycles. The molecule has 1 fully saturated rings. The van der Waals surface area contributed by atoms with Crippen molar-refractivity contribution in [2.24, 2.45) is 0 Å². The Morgan fingerprint density at radius 2 is 2.06 bits per heavy atom. The van der Waals surface area contributed by atoms with Gasteiger partial charge in [-0.25, -0.2) is 9.97 Å². The second-order valence-electron chi connectivity index (χ2n) is 8.09. The maximum absolute atomic E-state index is 13.0. The topological polar surface area (TPSA) is 92.4 Å². The number of hydrogen-bond donors (Lipinski definition) is 1. The monoisotopic (exact) mass is 483 g/mol. The molecule has 3 heterocycles. The predicted molar refractivity (Wildman–Crippen MR) is 133 cm³/mol. The number of piperazine rings is 1. The van der Waals surface area contributed by atoms with Crippen molar-refractivity contribution in [3.63, 3.8) is 0 Å². The number of thiophene rings is 1. The molecular formula is C24H26ClN5O2S. The first-order chi connectivity index (χ1) is 16.0. The molecule has 0 saturated carbocycles. The third kappa shape index (κ3) is 5.34. The molecule has 0 spiro atoms. The maximum Gasteiger partial charge on any atom is 0.312 e. The Morgan fingerprint density at radius 3 is 2.82 bits per heavy atom. The van der Waals surface area contributed by atoms with Crippen molar-refractivity contribution >= 4 is 57.5 Å². The fourth-order valence-corrected chi connectivity index (χ4v) is 5.05. The molecule has 0 bridgehead atoms. The quantitative estimate of drug-likeness (QED) is 0.480. The van der Waals surface area contributed by atoms with E-state index in [0.29, 0.717) is 25.5 Å². The normalized spacial score (nSPS) is 17.0. The molecule has 1 aliphatic heterocycles. The molecule has 2 N–H and O–H groups in total. The minimum atomic E-state index is -0.474. The van der Waals surface area contributed by atoms with Gasteiger partial charge in [0.25, 0.3) is 0 Å². The average Bonchev–Trinajstić information content (AvgIpc) is 3.22. The Bertz CT molecular complexity index is 1190. The summed E-state index contributed by atoms with van der Waals surface area (Å²) < 4.78 is 0.721. The van der Waals surface area contributed by atoms with Crippen LogP contribution in [0.15, 0.2) is 42.7 Å². The number of hydrogen-bond acceptors (Lipinski definition) is 6. The van der Waals surface area contributed by atoms with Gasteiger partial charge in [-0.15, -0.1) is 11.3 Å². The molecule has 9 heteroatoms. The third-order valence-electron chi connectivity index (χ3n) is 5.78. The van der Waals surface area contributed by atoms with E-state index in [0.717, 1.165) is 44.9 Å². The molecule has 0 radical (unpaired) electrons. The van der Waals surface area contributed by atoms with Crippen LogP contribution in [0.4, 0.5) is 5.82 Å². The number of unbranched alkanes of at least 4 members (excludes halogenated alkanes) is 1. The number of carbonyl (C=O) groups excluding carboxylic acids is 2. The Morgan fingerprint density at radius 1 is 1.21 bits per heavy atom. The number of nitrogen functional groups attached to an aromatic ring is 1. The van der Waals surface area contributed by atoms with Crippen molar-refractivity contribution in [3.8, 4) is 0 Å². The van der Waals surface area contributed by atoms with Crippen LogP contribution >= 0.6 is 22.9 Å². The molecule has 172 valence electrons.